The monoisotopic (exact) mass is 390 g/mol. The Bertz CT molecular complexity index is 1190. The van der Waals surface area contributed by atoms with Gasteiger partial charge in [0.05, 0.1) is 22.8 Å². The van der Waals surface area contributed by atoms with Gasteiger partial charge in [-0.1, -0.05) is 72.9 Å². The van der Waals surface area contributed by atoms with Gasteiger partial charge in [0.15, 0.2) is 0 Å². The molecule has 3 aliphatic rings. The minimum absolute atomic E-state index is 0.225. The summed E-state index contributed by atoms with van der Waals surface area (Å²) >= 11 is 0. The van der Waals surface area contributed by atoms with Gasteiger partial charge in [-0.15, -0.1) is 0 Å². The highest BCUT2D eigenvalue weighted by atomic mass is 14.9. The van der Waals surface area contributed by atoms with Gasteiger partial charge < -0.3 is 0 Å². The SMILES string of the molecule is Cc1cccc(C)c1N=C1C2=CC=CC3=CC=C[C@@H](C1=Nc1c(C)cccc1C)[C@@H]32. The smallest absolute Gasteiger partial charge is 0.0897 e. The van der Waals surface area contributed by atoms with Crippen LogP contribution < -0.4 is 0 Å². The fourth-order valence-corrected chi connectivity index (χ4v) is 4.83. The molecule has 2 heteroatoms. The molecule has 0 spiro atoms. The molecule has 0 aliphatic heterocycles. The van der Waals surface area contributed by atoms with E-state index in [-0.39, 0.29) is 5.92 Å². The largest absolute Gasteiger partial charge is 0.250 e. The van der Waals surface area contributed by atoms with Crippen LogP contribution in [0.1, 0.15) is 22.3 Å². The molecular weight excluding hydrogens is 364 g/mol. The van der Waals surface area contributed by atoms with Crippen molar-refractivity contribution in [1.29, 1.82) is 0 Å². The molecule has 0 radical (unpaired) electrons. The zero-order valence-corrected chi connectivity index (χ0v) is 18.0. The van der Waals surface area contributed by atoms with Crippen molar-refractivity contribution in [2.75, 3.05) is 0 Å². The average molecular weight is 391 g/mol. The van der Waals surface area contributed by atoms with Crippen molar-refractivity contribution in [3.8, 4) is 0 Å². The number of nitrogens with zero attached hydrogens (tertiary/aromatic N) is 2. The van der Waals surface area contributed by atoms with Crippen LogP contribution in [0.15, 0.2) is 94.0 Å². The third kappa shape index (κ3) is 2.95. The van der Waals surface area contributed by atoms with Crippen LogP contribution in [0.25, 0.3) is 0 Å². The first kappa shape index (κ1) is 18.7. The fourth-order valence-electron chi connectivity index (χ4n) is 4.83. The van der Waals surface area contributed by atoms with Crippen LogP contribution in [0.5, 0.6) is 0 Å². The maximum atomic E-state index is 5.28. The third-order valence-corrected chi connectivity index (χ3v) is 6.39. The molecule has 5 rings (SSSR count). The molecule has 0 heterocycles. The molecule has 0 saturated heterocycles. The van der Waals surface area contributed by atoms with Crippen LogP contribution in [0.3, 0.4) is 0 Å². The van der Waals surface area contributed by atoms with Gasteiger partial charge in [-0.3, -0.25) is 0 Å². The molecule has 0 bridgehead atoms. The van der Waals surface area contributed by atoms with Crippen molar-refractivity contribution in [3.63, 3.8) is 0 Å². The molecule has 3 aliphatic carbocycles. The fraction of sp³-hybridized carbons (Fsp3) is 0.214. The Morgan fingerprint density at radius 2 is 1.30 bits per heavy atom. The van der Waals surface area contributed by atoms with Crippen LogP contribution in [0.4, 0.5) is 11.4 Å². The average Bonchev–Trinajstić information content (AvgIpc) is 3.02. The Balaban J connectivity index is 1.77. The predicted octanol–water partition coefficient (Wildman–Crippen LogP) is 7.00. The first-order chi connectivity index (χ1) is 14.5. The van der Waals surface area contributed by atoms with Gasteiger partial charge in [0.25, 0.3) is 0 Å². The summed E-state index contributed by atoms with van der Waals surface area (Å²) < 4.78 is 0. The number of aliphatic imine (C=N–C) groups is 2. The van der Waals surface area contributed by atoms with E-state index >= 15 is 0 Å². The predicted molar refractivity (Wildman–Crippen MR) is 127 cm³/mol. The highest BCUT2D eigenvalue weighted by Gasteiger charge is 2.43. The summed E-state index contributed by atoms with van der Waals surface area (Å²) in [7, 11) is 0. The Morgan fingerprint density at radius 3 is 1.93 bits per heavy atom. The van der Waals surface area contributed by atoms with Crippen LogP contribution in [0, 0.1) is 39.5 Å². The maximum absolute atomic E-state index is 5.28. The van der Waals surface area contributed by atoms with E-state index in [1.165, 1.54) is 33.4 Å². The Hall–Kier alpha value is -3.26. The van der Waals surface area contributed by atoms with Crippen molar-refractivity contribution in [1.82, 2.24) is 0 Å². The Labute approximate surface area is 178 Å². The number of hydrogen-bond donors (Lipinski definition) is 0. The van der Waals surface area contributed by atoms with Crippen molar-refractivity contribution in [2.24, 2.45) is 21.8 Å². The first-order valence-corrected chi connectivity index (χ1v) is 10.6. The minimum Gasteiger partial charge on any atom is -0.250 e. The Morgan fingerprint density at radius 1 is 0.700 bits per heavy atom. The molecule has 0 aromatic heterocycles. The summed E-state index contributed by atoms with van der Waals surface area (Å²) in [5, 5.41) is 0. The molecule has 0 N–H and O–H groups in total. The zero-order chi connectivity index (χ0) is 20.8. The molecule has 148 valence electrons. The van der Waals surface area contributed by atoms with Crippen LogP contribution in [-0.4, -0.2) is 11.4 Å². The lowest BCUT2D eigenvalue weighted by Gasteiger charge is -2.23. The van der Waals surface area contributed by atoms with Crippen molar-refractivity contribution < 1.29 is 0 Å². The zero-order valence-electron chi connectivity index (χ0n) is 18.0. The van der Waals surface area contributed by atoms with Crippen LogP contribution in [0.2, 0.25) is 0 Å². The number of allylic oxidation sites excluding steroid dienone is 8. The summed E-state index contributed by atoms with van der Waals surface area (Å²) in [6.07, 6.45) is 13.3. The van der Waals surface area contributed by atoms with E-state index in [4.69, 9.17) is 9.98 Å². The van der Waals surface area contributed by atoms with Crippen molar-refractivity contribution in [3.05, 3.63) is 106 Å². The standard InChI is InChI=1S/C28H26N2/c1-17-9-5-10-18(2)25(17)29-27-22-15-7-13-21-14-8-16-23(24(21)22)28(27)30-26-19(3)11-6-12-20(26)4/h5-16,22,24H,1-4H3/t22-,24-/m1/s1. The first-order valence-electron chi connectivity index (χ1n) is 10.6. The van der Waals surface area contributed by atoms with Gasteiger partial charge in [-0.2, -0.15) is 0 Å². The van der Waals surface area contributed by atoms with E-state index < -0.39 is 0 Å². The van der Waals surface area contributed by atoms with Gasteiger partial charge in [-0.05, 0) is 61.1 Å². The molecule has 0 unspecified atom stereocenters. The summed E-state index contributed by atoms with van der Waals surface area (Å²) in [5.41, 5.74) is 11.7. The lowest BCUT2D eigenvalue weighted by molar-refractivity contribution is 0.680. The van der Waals surface area contributed by atoms with Gasteiger partial charge in [0.2, 0.25) is 0 Å². The number of benzene rings is 2. The lowest BCUT2D eigenvalue weighted by atomic mass is 9.80. The summed E-state index contributed by atoms with van der Waals surface area (Å²) in [6, 6.07) is 12.7. The molecular formula is C28H26N2. The van der Waals surface area contributed by atoms with Crippen LogP contribution in [-0.2, 0) is 0 Å². The second-order valence-electron chi connectivity index (χ2n) is 8.47. The second kappa shape index (κ2) is 7.21. The molecule has 30 heavy (non-hydrogen) atoms. The normalized spacial score (nSPS) is 24.3. The highest BCUT2D eigenvalue weighted by Crippen LogP contribution is 2.45. The minimum atomic E-state index is 0.225. The van der Waals surface area contributed by atoms with Gasteiger partial charge in [0.1, 0.15) is 0 Å². The van der Waals surface area contributed by atoms with E-state index in [2.05, 4.69) is 101 Å². The van der Waals surface area contributed by atoms with E-state index in [9.17, 15) is 0 Å². The lowest BCUT2D eigenvalue weighted by Crippen LogP contribution is -2.18. The molecule has 2 atom stereocenters. The van der Waals surface area contributed by atoms with Crippen molar-refractivity contribution in [2.45, 2.75) is 27.7 Å². The molecule has 2 aromatic rings. The van der Waals surface area contributed by atoms with Gasteiger partial charge in [0, 0.05) is 11.8 Å². The van der Waals surface area contributed by atoms with E-state index in [0.29, 0.717) is 5.92 Å². The topological polar surface area (TPSA) is 24.7 Å². The third-order valence-electron chi connectivity index (χ3n) is 6.39. The second-order valence-corrected chi connectivity index (χ2v) is 8.47. The van der Waals surface area contributed by atoms with E-state index in [1.807, 2.05) is 0 Å². The van der Waals surface area contributed by atoms with Crippen LogP contribution >= 0.6 is 0 Å². The summed E-state index contributed by atoms with van der Waals surface area (Å²) in [4.78, 5) is 10.5. The maximum Gasteiger partial charge on any atom is 0.0897 e. The molecule has 1 saturated carbocycles. The molecule has 1 fully saturated rings. The number of para-hydroxylation sites is 2. The van der Waals surface area contributed by atoms with Crippen molar-refractivity contribution >= 4 is 22.8 Å². The molecule has 0 amide bonds. The molecule has 2 aromatic carbocycles. The number of hydrogen-bond acceptors (Lipinski definition) is 2. The molecule has 2 nitrogen and oxygen atoms in total. The quantitative estimate of drug-likeness (QED) is 0.527. The Kier molecular flexibility index (Phi) is 4.51. The van der Waals surface area contributed by atoms with Gasteiger partial charge in [-0.25, -0.2) is 9.98 Å². The summed E-state index contributed by atoms with van der Waals surface area (Å²) in [6.45, 7) is 8.55. The van der Waals surface area contributed by atoms with E-state index in [0.717, 1.165) is 22.8 Å². The van der Waals surface area contributed by atoms with Gasteiger partial charge >= 0.3 is 0 Å². The number of aryl methyl sites for hydroxylation is 4. The number of rotatable bonds is 2. The summed E-state index contributed by atoms with van der Waals surface area (Å²) in [5.74, 6) is 0.537. The van der Waals surface area contributed by atoms with E-state index in [1.54, 1.807) is 0 Å². The highest BCUT2D eigenvalue weighted by molar-refractivity contribution is 6.53.